The van der Waals surface area contributed by atoms with Gasteiger partial charge in [0.2, 0.25) is 0 Å². The summed E-state index contributed by atoms with van der Waals surface area (Å²) in [6.07, 6.45) is 3.38. The zero-order valence-corrected chi connectivity index (χ0v) is 19.7. The minimum atomic E-state index is -0.582. The van der Waals surface area contributed by atoms with E-state index in [-0.39, 0.29) is 12.0 Å². The summed E-state index contributed by atoms with van der Waals surface area (Å²) >= 11 is 0. The molecule has 1 unspecified atom stereocenters. The summed E-state index contributed by atoms with van der Waals surface area (Å²) in [6, 6.07) is 16.8. The first-order chi connectivity index (χ1) is 16.2. The second kappa shape index (κ2) is 9.69. The van der Waals surface area contributed by atoms with E-state index in [0.29, 0.717) is 30.1 Å². The van der Waals surface area contributed by atoms with Crippen molar-refractivity contribution in [3.8, 4) is 22.8 Å². The minimum absolute atomic E-state index is 0.0472. The molecule has 0 saturated carbocycles. The van der Waals surface area contributed by atoms with Crippen LogP contribution in [0, 0.1) is 5.41 Å². The van der Waals surface area contributed by atoms with E-state index in [9.17, 15) is 9.59 Å². The lowest BCUT2D eigenvalue weighted by Gasteiger charge is -2.32. The summed E-state index contributed by atoms with van der Waals surface area (Å²) in [5, 5.41) is 6.39. The quantitative estimate of drug-likeness (QED) is 0.575. The first kappa shape index (κ1) is 23.5. The molecule has 1 aliphatic rings. The minimum Gasteiger partial charge on any atom is -0.457 e. The van der Waals surface area contributed by atoms with Crippen LogP contribution < -0.4 is 10.5 Å². The molecule has 8 nitrogen and oxygen atoms in total. The van der Waals surface area contributed by atoms with Gasteiger partial charge in [0.15, 0.2) is 0 Å². The Balaban J connectivity index is 1.52. The van der Waals surface area contributed by atoms with E-state index in [1.807, 2.05) is 75.4 Å². The molecular weight excluding hydrogens is 432 g/mol. The number of ether oxygens (including phenoxy) is 1. The van der Waals surface area contributed by atoms with E-state index >= 15 is 0 Å². The first-order valence-corrected chi connectivity index (χ1v) is 11.4. The fraction of sp³-hybridized carbons (Fsp3) is 0.346. The highest BCUT2D eigenvalue weighted by atomic mass is 16.7. The second-order valence-corrected chi connectivity index (χ2v) is 9.49. The van der Waals surface area contributed by atoms with Gasteiger partial charge in [-0.1, -0.05) is 18.2 Å². The molecule has 0 spiro atoms. The molecule has 2 aromatic carbocycles. The smallest absolute Gasteiger partial charge is 0.330 e. The number of primary amides is 1. The van der Waals surface area contributed by atoms with Crippen LogP contribution in [-0.2, 0) is 9.63 Å². The SMILES string of the molecule is CC(C)(C)C(=O)ON1CCCC(n2cc(C(N)=O)c(-c3ccc(Oc4ccccc4)cc3)n2)C1. The number of nitrogens with two attached hydrogens (primary N) is 1. The number of amides is 1. The summed E-state index contributed by atoms with van der Waals surface area (Å²) in [4.78, 5) is 30.1. The van der Waals surface area contributed by atoms with Gasteiger partial charge in [0.1, 0.15) is 17.2 Å². The Morgan fingerprint density at radius 2 is 1.71 bits per heavy atom. The molecule has 178 valence electrons. The molecule has 1 aromatic heterocycles. The van der Waals surface area contributed by atoms with Crippen molar-refractivity contribution in [2.45, 2.75) is 39.7 Å². The van der Waals surface area contributed by atoms with Crippen molar-refractivity contribution in [1.29, 1.82) is 0 Å². The van der Waals surface area contributed by atoms with Gasteiger partial charge in [0.05, 0.1) is 23.6 Å². The Morgan fingerprint density at radius 3 is 2.35 bits per heavy atom. The lowest BCUT2D eigenvalue weighted by atomic mass is 9.98. The second-order valence-electron chi connectivity index (χ2n) is 9.49. The monoisotopic (exact) mass is 462 g/mol. The first-order valence-electron chi connectivity index (χ1n) is 11.4. The van der Waals surface area contributed by atoms with Crippen LogP contribution in [0.1, 0.15) is 50.0 Å². The summed E-state index contributed by atoms with van der Waals surface area (Å²) in [6.45, 7) is 6.63. The molecule has 1 atom stereocenters. The molecule has 0 bridgehead atoms. The molecular formula is C26H30N4O4. The molecule has 2 heterocycles. The Hall–Kier alpha value is -3.65. The van der Waals surface area contributed by atoms with Crippen molar-refractivity contribution in [3.63, 3.8) is 0 Å². The molecule has 1 amide bonds. The van der Waals surface area contributed by atoms with E-state index < -0.39 is 11.3 Å². The van der Waals surface area contributed by atoms with Gasteiger partial charge in [-0.2, -0.15) is 5.10 Å². The molecule has 8 heteroatoms. The number of carbonyl (C=O) groups excluding carboxylic acids is 2. The fourth-order valence-electron chi connectivity index (χ4n) is 3.75. The zero-order chi connectivity index (χ0) is 24.3. The van der Waals surface area contributed by atoms with Crippen LogP contribution in [0.2, 0.25) is 0 Å². The number of rotatable bonds is 6. The summed E-state index contributed by atoms with van der Waals surface area (Å²) < 4.78 is 7.62. The predicted octanol–water partition coefficient (Wildman–Crippen LogP) is 4.58. The van der Waals surface area contributed by atoms with Crippen LogP contribution in [-0.4, -0.2) is 39.8 Å². The van der Waals surface area contributed by atoms with Crippen LogP contribution in [0.4, 0.5) is 0 Å². The van der Waals surface area contributed by atoms with Crippen LogP contribution in [0.5, 0.6) is 11.5 Å². The third-order valence-electron chi connectivity index (χ3n) is 5.66. The summed E-state index contributed by atoms with van der Waals surface area (Å²) in [5.41, 5.74) is 6.72. The van der Waals surface area contributed by atoms with Gasteiger partial charge in [-0.25, -0.2) is 4.79 Å². The Labute approximate surface area is 199 Å². The van der Waals surface area contributed by atoms with Gasteiger partial charge in [-0.3, -0.25) is 9.48 Å². The average molecular weight is 463 g/mol. The lowest BCUT2D eigenvalue weighted by molar-refractivity contribution is -0.207. The maximum Gasteiger partial charge on any atom is 0.330 e. The molecule has 2 N–H and O–H groups in total. The Bertz CT molecular complexity index is 1150. The number of hydrogen-bond acceptors (Lipinski definition) is 6. The molecule has 0 radical (unpaired) electrons. The van der Waals surface area contributed by atoms with E-state index in [0.717, 1.165) is 24.2 Å². The summed E-state index contributed by atoms with van der Waals surface area (Å²) in [7, 11) is 0. The van der Waals surface area contributed by atoms with Crippen molar-refractivity contribution < 1.29 is 19.2 Å². The predicted molar refractivity (Wildman–Crippen MR) is 128 cm³/mol. The highest BCUT2D eigenvalue weighted by Crippen LogP contribution is 2.30. The van der Waals surface area contributed by atoms with Crippen molar-refractivity contribution in [2.75, 3.05) is 13.1 Å². The standard InChI is InChI=1S/C26H30N4O4/c1-26(2,3)25(32)34-29-15-7-8-19(16-29)30-17-22(24(27)31)23(28-30)18-11-13-21(14-12-18)33-20-9-5-4-6-10-20/h4-6,9-14,17,19H,7-8,15-16H2,1-3H3,(H2,27,31). The van der Waals surface area contributed by atoms with E-state index in [1.54, 1.807) is 15.9 Å². The van der Waals surface area contributed by atoms with Crippen molar-refractivity contribution in [1.82, 2.24) is 14.8 Å². The number of aromatic nitrogens is 2. The highest BCUT2D eigenvalue weighted by Gasteiger charge is 2.30. The summed E-state index contributed by atoms with van der Waals surface area (Å²) in [5.74, 6) is 0.604. The van der Waals surface area contributed by atoms with Gasteiger partial charge in [-0.15, -0.1) is 5.06 Å². The van der Waals surface area contributed by atoms with Crippen molar-refractivity contribution in [2.24, 2.45) is 11.1 Å². The van der Waals surface area contributed by atoms with Crippen molar-refractivity contribution in [3.05, 3.63) is 66.4 Å². The largest absolute Gasteiger partial charge is 0.457 e. The third-order valence-corrected chi connectivity index (χ3v) is 5.66. The molecule has 34 heavy (non-hydrogen) atoms. The number of hydroxylamine groups is 2. The molecule has 1 aliphatic heterocycles. The highest BCUT2D eigenvalue weighted by molar-refractivity contribution is 5.98. The zero-order valence-electron chi connectivity index (χ0n) is 19.7. The Kier molecular flexibility index (Phi) is 6.70. The topological polar surface area (TPSA) is 99.7 Å². The lowest BCUT2D eigenvalue weighted by Crippen LogP contribution is -2.40. The van der Waals surface area contributed by atoms with Gasteiger partial charge in [0.25, 0.3) is 5.91 Å². The van der Waals surface area contributed by atoms with Gasteiger partial charge in [-0.05, 0) is 70.0 Å². The van der Waals surface area contributed by atoms with E-state index in [4.69, 9.17) is 20.4 Å². The molecule has 3 aromatic rings. The van der Waals surface area contributed by atoms with Crippen LogP contribution in [0.15, 0.2) is 60.8 Å². The van der Waals surface area contributed by atoms with E-state index in [2.05, 4.69) is 0 Å². The van der Waals surface area contributed by atoms with Crippen molar-refractivity contribution >= 4 is 11.9 Å². The number of hydrogen-bond donors (Lipinski definition) is 1. The maximum absolute atomic E-state index is 12.3. The maximum atomic E-state index is 12.3. The number of benzene rings is 2. The number of carbonyl (C=O) groups is 2. The normalized spacial score (nSPS) is 16.7. The average Bonchev–Trinajstić information content (AvgIpc) is 3.26. The number of piperidine rings is 1. The van der Waals surface area contributed by atoms with Gasteiger partial charge < -0.3 is 15.3 Å². The third kappa shape index (κ3) is 5.46. The fourth-order valence-corrected chi connectivity index (χ4v) is 3.75. The number of nitrogens with zero attached hydrogens (tertiary/aromatic N) is 3. The molecule has 4 rings (SSSR count). The molecule has 1 fully saturated rings. The van der Waals surface area contributed by atoms with Crippen LogP contribution in [0.25, 0.3) is 11.3 Å². The Morgan fingerprint density at radius 1 is 1.03 bits per heavy atom. The van der Waals surface area contributed by atoms with E-state index in [1.165, 1.54) is 0 Å². The molecule has 1 saturated heterocycles. The van der Waals surface area contributed by atoms with Crippen LogP contribution in [0.3, 0.4) is 0 Å². The van der Waals surface area contributed by atoms with Crippen LogP contribution >= 0.6 is 0 Å². The van der Waals surface area contributed by atoms with Gasteiger partial charge in [0, 0.05) is 18.3 Å². The molecule has 0 aliphatic carbocycles. The number of para-hydroxylation sites is 1. The van der Waals surface area contributed by atoms with Gasteiger partial charge >= 0.3 is 5.97 Å².